The lowest BCUT2D eigenvalue weighted by atomic mass is 9.95. The van der Waals surface area contributed by atoms with E-state index in [2.05, 4.69) is 72.6 Å². The number of nitrogens with one attached hydrogen (secondary N) is 2. The first-order valence-corrected chi connectivity index (χ1v) is 15.8. The predicted octanol–water partition coefficient (Wildman–Crippen LogP) is 6.21. The SMILES string of the molecule is CCSc1ccc(-c2cnc(-c3ccc(C[C@H](NC(=O)c4ccc(C(C)(C)C)s4)C(=O)N[C@H](C)C(=O)O)cc3)nc2)cc1. The lowest BCUT2D eigenvalue weighted by Gasteiger charge is -2.20. The maximum Gasteiger partial charge on any atom is 0.325 e. The van der Waals surface area contributed by atoms with E-state index in [1.165, 1.54) is 23.2 Å². The monoisotopic (exact) mass is 616 g/mol. The minimum atomic E-state index is -1.16. The van der Waals surface area contributed by atoms with Crippen molar-refractivity contribution in [1.29, 1.82) is 0 Å². The summed E-state index contributed by atoms with van der Waals surface area (Å²) in [6, 6.07) is 17.3. The van der Waals surface area contributed by atoms with E-state index in [0.29, 0.717) is 10.7 Å². The number of aliphatic carboxylic acids is 1. The van der Waals surface area contributed by atoms with Crippen LogP contribution in [0, 0.1) is 0 Å². The summed E-state index contributed by atoms with van der Waals surface area (Å²) in [5.41, 5.74) is 3.46. The quantitative estimate of drug-likeness (QED) is 0.171. The molecule has 10 heteroatoms. The molecule has 2 amide bonds. The molecule has 0 fully saturated rings. The van der Waals surface area contributed by atoms with Crippen LogP contribution in [0.4, 0.5) is 0 Å². The Morgan fingerprint density at radius 3 is 2.07 bits per heavy atom. The molecule has 2 heterocycles. The third kappa shape index (κ3) is 8.52. The minimum Gasteiger partial charge on any atom is -0.480 e. The Balaban J connectivity index is 1.48. The highest BCUT2D eigenvalue weighted by Gasteiger charge is 2.26. The van der Waals surface area contributed by atoms with Crippen LogP contribution in [0.3, 0.4) is 0 Å². The van der Waals surface area contributed by atoms with E-state index >= 15 is 0 Å². The maximum absolute atomic E-state index is 13.1. The van der Waals surface area contributed by atoms with Crippen LogP contribution >= 0.6 is 23.1 Å². The van der Waals surface area contributed by atoms with Crippen LogP contribution in [0.15, 0.2) is 78.0 Å². The van der Waals surface area contributed by atoms with Crippen molar-refractivity contribution in [3.8, 4) is 22.5 Å². The first kappa shape index (κ1) is 31.9. The molecule has 224 valence electrons. The molecule has 0 unspecified atom stereocenters. The molecule has 0 spiro atoms. The number of thioether (sulfide) groups is 1. The molecule has 0 bridgehead atoms. The van der Waals surface area contributed by atoms with E-state index in [4.69, 9.17) is 0 Å². The number of amides is 2. The number of benzene rings is 2. The molecule has 3 N–H and O–H groups in total. The van der Waals surface area contributed by atoms with Gasteiger partial charge in [-0.05, 0) is 53.5 Å². The summed E-state index contributed by atoms with van der Waals surface area (Å²) in [4.78, 5) is 49.4. The predicted molar refractivity (Wildman–Crippen MR) is 173 cm³/mol. The number of carboxylic acids is 1. The molecular formula is C33H36N4O4S2. The zero-order valence-electron chi connectivity index (χ0n) is 24.9. The smallest absolute Gasteiger partial charge is 0.325 e. The topological polar surface area (TPSA) is 121 Å². The van der Waals surface area contributed by atoms with Crippen molar-refractivity contribution >= 4 is 40.9 Å². The van der Waals surface area contributed by atoms with Gasteiger partial charge in [0.25, 0.3) is 5.91 Å². The van der Waals surface area contributed by atoms with Gasteiger partial charge in [0, 0.05) is 39.7 Å². The Morgan fingerprint density at radius 1 is 0.884 bits per heavy atom. The molecule has 0 saturated heterocycles. The number of carbonyl (C=O) groups excluding carboxylic acids is 2. The van der Waals surface area contributed by atoms with Gasteiger partial charge in [0.15, 0.2) is 5.82 Å². The summed E-state index contributed by atoms with van der Waals surface area (Å²) >= 11 is 3.17. The van der Waals surface area contributed by atoms with E-state index in [9.17, 15) is 19.5 Å². The largest absolute Gasteiger partial charge is 0.480 e. The van der Waals surface area contributed by atoms with Gasteiger partial charge >= 0.3 is 5.97 Å². The van der Waals surface area contributed by atoms with Gasteiger partial charge < -0.3 is 15.7 Å². The normalized spacial score (nSPS) is 12.8. The second-order valence-corrected chi connectivity index (χ2v) is 13.6. The van der Waals surface area contributed by atoms with Crippen molar-refractivity contribution < 1.29 is 19.5 Å². The first-order valence-electron chi connectivity index (χ1n) is 14.0. The summed E-state index contributed by atoms with van der Waals surface area (Å²) < 4.78 is 0. The fraction of sp³-hybridized carbons (Fsp3) is 0.303. The lowest BCUT2D eigenvalue weighted by molar-refractivity contribution is -0.141. The van der Waals surface area contributed by atoms with Crippen molar-refractivity contribution in [3.05, 3.63) is 88.4 Å². The number of rotatable bonds is 11. The molecule has 0 aliphatic heterocycles. The fourth-order valence-corrected chi connectivity index (χ4v) is 5.87. The Morgan fingerprint density at radius 2 is 1.51 bits per heavy atom. The Kier molecular flexibility index (Phi) is 10.4. The van der Waals surface area contributed by atoms with Gasteiger partial charge in [-0.2, -0.15) is 0 Å². The molecular weight excluding hydrogens is 581 g/mol. The van der Waals surface area contributed by atoms with Crippen LogP contribution in [-0.4, -0.2) is 50.7 Å². The summed E-state index contributed by atoms with van der Waals surface area (Å²) in [5.74, 6) is -0.517. The molecule has 43 heavy (non-hydrogen) atoms. The van der Waals surface area contributed by atoms with Crippen LogP contribution in [0.25, 0.3) is 22.5 Å². The van der Waals surface area contributed by atoms with Gasteiger partial charge in [-0.3, -0.25) is 14.4 Å². The molecule has 0 saturated carbocycles. The summed E-state index contributed by atoms with van der Waals surface area (Å²) in [6.07, 6.45) is 3.77. The van der Waals surface area contributed by atoms with E-state index < -0.39 is 24.0 Å². The second kappa shape index (κ2) is 14.0. The third-order valence-electron chi connectivity index (χ3n) is 6.72. The molecule has 8 nitrogen and oxygen atoms in total. The van der Waals surface area contributed by atoms with E-state index in [1.807, 2.05) is 30.3 Å². The summed E-state index contributed by atoms with van der Waals surface area (Å²) in [7, 11) is 0. The average Bonchev–Trinajstić information content (AvgIpc) is 3.50. The van der Waals surface area contributed by atoms with Gasteiger partial charge in [0.2, 0.25) is 5.91 Å². The summed E-state index contributed by atoms with van der Waals surface area (Å²) in [5, 5.41) is 14.6. The Labute approximate surface area is 260 Å². The van der Waals surface area contributed by atoms with Crippen molar-refractivity contribution in [2.24, 2.45) is 0 Å². The Hall–Kier alpha value is -4.02. The van der Waals surface area contributed by atoms with Crippen LogP contribution in [0.2, 0.25) is 0 Å². The van der Waals surface area contributed by atoms with Crippen molar-refractivity contribution in [3.63, 3.8) is 0 Å². The molecule has 4 rings (SSSR count). The highest BCUT2D eigenvalue weighted by atomic mass is 32.2. The number of nitrogens with zero attached hydrogens (tertiary/aromatic N) is 2. The second-order valence-electron chi connectivity index (χ2n) is 11.2. The van der Waals surface area contributed by atoms with Gasteiger partial charge in [-0.25, -0.2) is 9.97 Å². The van der Waals surface area contributed by atoms with E-state index in [-0.39, 0.29) is 17.7 Å². The van der Waals surface area contributed by atoms with Gasteiger partial charge in [-0.15, -0.1) is 23.1 Å². The standard InChI is InChI=1S/C33H36N4O4S2/c1-6-42-25-13-11-22(12-14-25)24-18-34-29(35-19-24)23-9-7-21(8-10-23)17-26(30(38)36-20(2)32(40)41)37-31(39)27-15-16-28(43-27)33(3,4)5/h7-16,18-20,26H,6,17H2,1-5H3,(H,36,38)(H,37,39)(H,40,41)/t20-,26+/m1/s1. The first-order chi connectivity index (χ1) is 20.4. The number of hydrogen-bond acceptors (Lipinski definition) is 7. The van der Waals surface area contributed by atoms with Gasteiger partial charge in [0.05, 0.1) is 4.88 Å². The van der Waals surface area contributed by atoms with Crippen molar-refractivity contribution in [2.45, 2.75) is 63.4 Å². The lowest BCUT2D eigenvalue weighted by Crippen LogP contribution is -2.51. The zero-order chi connectivity index (χ0) is 31.1. The van der Waals surface area contributed by atoms with Crippen molar-refractivity contribution in [2.75, 3.05) is 5.75 Å². The van der Waals surface area contributed by atoms with Gasteiger partial charge in [0.1, 0.15) is 12.1 Å². The highest BCUT2D eigenvalue weighted by molar-refractivity contribution is 7.99. The number of thiophene rings is 1. The molecule has 2 aromatic heterocycles. The third-order valence-corrected chi connectivity index (χ3v) is 9.13. The van der Waals surface area contributed by atoms with Crippen LogP contribution in [0.1, 0.15) is 54.7 Å². The Bertz CT molecular complexity index is 1560. The number of carbonyl (C=O) groups is 3. The van der Waals surface area contributed by atoms with Crippen LogP contribution in [0.5, 0.6) is 0 Å². The highest BCUT2D eigenvalue weighted by Crippen LogP contribution is 2.29. The minimum absolute atomic E-state index is 0.109. The zero-order valence-corrected chi connectivity index (χ0v) is 26.5. The maximum atomic E-state index is 13.1. The molecule has 2 aromatic carbocycles. The fourth-order valence-electron chi connectivity index (χ4n) is 4.24. The van der Waals surface area contributed by atoms with Gasteiger partial charge in [-0.1, -0.05) is 64.1 Å². The molecule has 2 atom stereocenters. The number of aromatic nitrogens is 2. The average molecular weight is 617 g/mol. The van der Waals surface area contributed by atoms with Crippen LogP contribution in [-0.2, 0) is 21.4 Å². The van der Waals surface area contributed by atoms with Crippen molar-refractivity contribution in [1.82, 2.24) is 20.6 Å². The van der Waals surface area contributed by atoms with Crippen LogP contribution < -0.4 is 10.6 Å². The number of hydrogen-bond donors (Lipinski definition) is 3. The summed E-state index contributed by atoms with van der Waals surface area (Å²) in [6.45, 7) is 9.71. The molecule has 4 aromatic rings. The molecule has 0 aliphatic carbocycles. The molecule has 0 aliphatic rings. The van der Waals surface area contributed by atoms with E-state index in [0.717, 1.165) is 32.9 Å². The molecule has 0 radical (unpaired) electrons. The number of carboxylic acid groups (broad SMARTS) is 1. The van der Waals surface area contributed by atoms with E-state index in [1.54, 1.807) is 30.2 Å².